The van der Waals surface area contributed by atoms with Crippen molar-refractivity contribution in [2.75, 3.05) is 11.9 Å². The number of amides is 1. The minimum absolute atomic E-state index is 0.0161. The maximum atomic E-state index is 12.6. The van der Waals surface area contributed by atoms with Crippen LogP contribution in [0.3, 0.4) is 0 Å². The van der Waals surface area contributed by atoms with Crippen LogP contribution in [0.1, 0.15) is 44.2 Å². The van der Waals surface area contributed by atoms with Gasteiger partial charge in [-0.1, -0.05) is 29.3 Å². The molecule has 4 heterocycles. The normalized spacial score (nSPS) is 13.6. The van der Waals surface area contributed by atoms with Gasteiger partial charge in [-0.3, -0.25) is 9.78 Å². The van der Waals surface area contributed by atoms with Crippen LogP contribution >= 0.6 is 34.5 Å². The lowest BCUT2D eigenvalue weighted by molar-refractivity contribution is -0.139. The average Bonchev–Trinajstić information content (AvgIpc) is 3.25. The first-order valence-electron chi connectivity index (χ1n) is 11.0. The highest BCUT2D eigenvalue weighted by molar-refractivity contribution is 7.12. The number of nitrogens with one attached hydrogen (secondary N) is 2. The number of hydrogen-bond acceptors (Lipinski definition) is 6. The molecule has 3 N–H and O–H groups in total. The molecule has 0 bridgehead atoms. The molecule has 34 heavy (non-hydrogen) atoms. The van der Waals surface area contributed by atoms with Crippen LogP contribution in [-0.2, 0) is 30.5 Å². The van der Waals surface area contributed by atoms with Gasteiger partial charge in [0.05, 0.1) is 15.6 Å². The van der Waals surface area contributed by atoms with Gasteiger partial charge in [0.25, 0.3) is 5.91 Å². The number of aromatic nitrogens is 2. The van der Waals surface area contributed by atoms with Crippen molar-refractivity contribution in [3.8, 4) is 0 Å². The molecular weight excluding hydrogens is 495 g/mol. The van der Waals surface area contributed by atoms with Crippen LogP contribution < -0.4 is 10.6 Å². The third kappa shape index (κ3) is 6.05. The van der Waals surface area contributed by atoms with Crippen LogP contribution in [0, 0.1) is 0 Å². The molecule has 1 atom stereocenters. The second-order valence-electron chi connectivity index (χ2n) is 8.11. The number of carbonyl (C=O) groups excluding carboxylic acids is 1. The molecule has 0 saturated heterocycles. The largest absolute Gasteiger partial charge is 0.480 e. The Kier molecular flexibility index (Phi) is 8.03. The van der Waals surface area contributed by atoms with Gasteiger partial charge in [-0.2, -0.15) is 0 Å². The Morgan fingerprint density at radius 3 is 2.65 bits per heavy atom. The highest BCUT2D eigenvalue weighted by atomic mass is 35.5. The van der Waals surface area contributed by atoms with Gasteiger partial charge >= 0.3 is 5.97 Å². The van der Waals surface area contributed by atoms with Gasteiger partial charge in [-0.15, -0.1) is 11.3 Å². The van der Waals surface area contributed by atoms with Crippen LogP contribution in [0.15, 0.2) is 36.7 Å². The van der Waals surface area contributed by atoms with Crippen molar-refractivity contribution in [2.45, 2.75) is 44.6 Å². The lowest BCUT2D eigenvalue weighted by atomic mass is 10.1. The molecule has 4 rings (SSSR count). The summed E-state index contributed by atoms with van der Waals surface area (Å²) >= 11 is 13.6. The number of halogens is 2. The fourth-order valence-corrected chi connectivity index (χ4v) is 5.52. The van der Waals surface area contributed by atoms with E-state index in [0.29, 0.717) is 0 Å². The van der Waals surface area contributed by atoms with Crippen molar-refractivity contribution in [2.24, 2.45) is 0 Å². The van der Waals surface area contributed by atoms with Crippen LogP contribution in [0.5, 0.6) is 0 Å². The number of nitrogens with zero attached hydrogens (tertiary/aromatic N) is 2. The number of rotatable bonds is 9. The Labute approximate surface area is 211 Å². The summed E-state index contributed by atoms with van der Waals surface area (Å²) in [7, 11) is 0. The summed E-state index contributed by atoms with van der Waals surface area (Å²) < 4.78 is 0. The number of thiophene rings is 1. The smallest absolute Gasteiger partial charge is 0.326 e. The second-order valence-corrected chi connectivity index (χ2v) is 10.2. The molecule has 3 aromatic rings. The van der Waals surface area contributed by atoms with Crippen molar-refractivity contribution >= 4 is 52.2 Å². The standard InChI is InChI=1S/C24H24Cl2N4O3S/c25-18-12-27-13-19(26)21(18)23(31)30-20(24(32)33)11-17-9-8-16(34-17)5-1-4-15-7-6-14-3-2-10-28-22(14)29-15/h6-9,12-13,20H,1-5,10-11H2,(H,28,29)(H,30,31)(H,32,33)/t20-/m0/s1. The monoisotopic (exact) mass is 518 g/mol. The minimum Gasteiger partial charge on any atom is -0.480 e. The molecule has 7 nitrogen and oxygen atoms in total. The van der Waals surface area contributed by atoms with Gasteiger partial charge in [0.2, 0.25) is 0 Å². The lowest BCUT2D eigenvalue weighted by Gasteiger charge is -2.17. The zero-order valence-electron chi connectivity index (χ0n) is 18.3. The number of aliphatic carboxylic acids is 1. The first-order valence-corrected chi connectivity index (χ1v) is 12.6. The summed E-state index contributed by atoms with van der Waals surface area (Å²) in [6.45, 7) is 0.974. The number of carboxylic acid groups (broad SMARTS) is 1. The minimum atomic E-state index is -1.13. The van der Waals surface area contributed by atoms with Gasteiger partial charge in [0.1, 0.15) is 11.9 Å². The van der Waals surface area contributed by atoms with Crippen molar-refractivity contribution in [3.05, 3.63) is 73.3 Å². The van der Waals surface area contributed by atoms with Gasteiger partial charge < -0.3 is 15.7 Å². The Balaban J connectivity index is 1.32. The molecule has 1 amide bonds. The number of pyridine rings is 2. The van der Waals surface area contributed by atoms with Gasteiger partial charge in [-0.25, -0.2) is 9.78 Å². The van der Waals surface area contributed by atoms with Crippen molar-refractivity contribution < 1.29 is 14.7 Å². The fourth-order valence-electron chi connectivity index (χ4n) is 3.88. The Morgan fingerprint density at radius 1 is 1.12 bits per heavy atom. The van der Waals surface area contributed by atoms with Crippen LogP contribution in [0.2, 0.25) is 10.0 Å². The van der Waals surface area contributed by atoms with Crippen molar-refractivity contribution in [1.29, 1.82) is 0 Å². The quantitative estimate of drug-likeness (QED) is 0.375. The first-order chi connectivity index (χ1) is 16.4. The molecule has 10 heteroatoms. The van der Waals surface area contributed by atoms with E-state index >= 15 is 0 Å². The number of aryl methyl sites for hydroxylation is 3. The highest BCUT2D eigenvalue weighted by Crippen LogP contribution is 2.25. The molecule has 1 aliphatic heterocycles. The molecule has 0 spiro atoms. The Hall–Kier alpha value is -2.68. The molecule has 178 valence electrons. The number of hydrogen-bond donors (Lipinski definition) is 3. The second kappa shape index (κ2) is 11.2. The lowest BCUT2D eigenvalue weighted by Crippen LogP contribution is -2.42. The maximum absolute atomic E-state index is 12.6. The van der Waals surface area contributed by atoms with E-state index in [1.807, 2.05) is 12.1 Å². The van der Waals surface area contributed by atoms with Crippen molar-refractivity contribution in [3.63, 3.8) is 0 Å². The molecular formula is C24H24Cl2N4O3S. The van der Waals surface area contributed by atoms with E-state index in [2.05, 4.69) is 27.8 Å². The Bertz CT molecular complexity index is 1180. The molecule has 0 unspecified atom stereocenters. The molecule has 0 aliphatic carbocycles. The first kappa shape index (κ1) is 24.4. The molecule has 0 aromatic carbocycles. The predicted octanol–water partition coefficient (Wildman–Crippen LogP) is 4.80. The van der Waals surface area contributed by atoms with Gasteiger partial charge in [-0.05, 0) is 55.9 Å². The average molecular weight is 519 g/mol. The summed E-state index contributed by atoms with van der Waals surface area (Å²) in [5.74, 6) is -0.761. The third-order valence-electron chi connectivity index (χ3n) is 5.61. The van der Waals surface area contributed by atoms with Gasteiger partial charge in [0, 0.05) is 40.8 Å². The Morgan fingerprint density at radius 2 is 1.88 bits per heavy atom. The number of carbonyl (C=O) groups is 2. The summed E-state index contributed by atoms with van der Waals surface area (Å²) in [6, 6.07) is 7.09. The van der Waals surface area contributed by atoms with E-state index in [1.54, 1.807) is 11.3 Å². The van der Waals surface area contributed by atoms with Crippen LogP contribution in [0.25, 0.3) is 0 Å². The summed E-state index contributed by atoms with van der Waals surface area (Å²) in [5, 5.41) is 15.6. The molecule has 0 fully saturated rings. The number of fused-ring (bicyclic) bond motifs is 1. The van der Waals surface area contributed by atoms with Crippen molar-refractivity contribution in [1.82, 2.24) is 15.3 Å². The van der Waals surface area contributed by atoms with E-state index < -0.39 is 17.9 Å². The van der Waals surface area contributed by atoms with E-state index in [1.165, 1.54) is 22.8 Å². The summed E-state index contributed by atoms with van der Waals surface area (Å²) in [5.41, 5.74) is 2.38. The van der Waals surface area contributed by atoms with E-state index in [-0.39, 0.29) is 22.0 Å². The summed E-state index contributed by atoms with van der Waals surface area (Å²) in [4.78, 5) is 35.0. The fraction of sp³-hybridized carbons (Fsp3) is 0.333. The topological polar surface area (TPSA) is 104 Å². The molecule has 0 radical (unpaired) electrons. The molecule has 0 saturated carbocycles. The van der Waals surface area contributed by atoms with Crippen LogP contribution in [-0.4, -0.2) is 39.5 Å². The van der Waals surface area contributed by atoms with E-state index in [0.717, 1.165) is 55.0 Å². The summed E-state index contributed by atoms with van der Waals surface area (Å²) in [6.07, 6.45) is 7.68. The SMILES string of the molecule is O=C(N[C@@H](Cc1ccc(CCCc2ccc3c(n2)NCCC3)s1)C(=O)O)c1c(Cl)cncc1Cl. The third-order valence-corrected chi connectivity index (χ3v) is 7.35. The molecule has 1 aliphatic rings. The zero-order chi connectivity index (χ0) is 24.1. The predicted molar refractivity (Wildman–Crippen MR) is 134 cm³/mol. The van der Waals surface area contributed by atoms with Crippen LogP contribution in [0.4, 0.5) is 5.82 Å². The van der Waals surface area contributed by atoms with Gasteiger partial charge in [0.15, 0.2) is 0 Å². The number of carboxylic acids is 1. The highest BCUT2D eigenvalue weighted by Gasteiger charge is 2.24. The van der Waals surface area contributed by atoms with E-state index in [9.17, 15) is 14.7 Å². The van der Waals surface area contributed by atoms with E-state index in [4.69, 9.17) is 28.2 Å². The molecule has 3 aromatic heterocycles. The zero-order valence-corrected chi connectivity index (χ0v) is 20.6. The maximum Gasteiger partial charge on any atom is 0.326 e. The number of anilines is 1.